The Hall–Kier alpha value is -3.32. The Bertz CT molecular complexity index is 1270. The highest BCUT2D eigenvalue weighted by Gasteiger charge is 2.33. The number of benzene rings is 1. The van der Waals surface area contributed by atoms with E-state index in [-0.39, 0.29) is 17.9 Å². The molecule has 0 N–H and O–H groups in total. The number of thiophene rings is 1. The van der Waals surface area contributed by atoms with Gasteiger partial charge in [0.2, 0.25) is 0 Å². The zero-order chi connectivity index (χ0) is 22.2. The van der Waals surface area contributed by atoms with Crippen LogP contribution in [0.1, 0.15) is 39.1 Å². The topological polar surface area (TPSA) is 58.7 Å². The molecule has 1 aliphatic heterocycles. The van der Waals surface area contributed by atoms with Gasteiger partial charge in [-0.25, -0.2) is 0 Å². The maximum Gasteiger partial charge on any atom is 0.289 e. The van der Waals surface area contributed by atoms with Crippen LogP contribution in [0.15, 0.2) is 64.6 Å². The minimum atomic E-state index is -0.127. The maximum atomic E-state index is 13.6. The van der Waals surface area contributed by atoms with Gasteiger partial charge in [0.05, 0.1) is 6.26 Å². The van der Waals surface area contributed by atoms with Crippen LogP contribution in [0.4, 0.5) is 0 Å². The lowest BCUT2D eigenvalue weighted by atomic mass is 10.1. The van der Waals surface area contributed by atoms with Crippen LogP contribution in [0.25, 0.3) is 10.2 Å². The molecular weight excluding hydrogens is 422 g/mol. The van der Waals surface area contributed by atoms with E-state index in [0.717, 1.165) is 10.2 Å². The molecule has 0 spiro atoms. The van der Waals surface area contributed by atoms with Crippen LogP contribution in [-0.4, -0.2) is 51.9 Å². The standard InChI is InChI=1S/C25H25N3O3S/c1-17-6-3-4-7-20(17)16-28-21(14-19-9-13-32-25(19)28)23(29)26-10-11-27(18(2)15-26)24(30)22-8-5-12-31-22/h3-9,12-14,18H,10-11,15-16H2,1-2H3/t18-/m0/s1. The number of amides is 2. The zero-order valence-corrected chi connectivity index (χ0v) is 19.0. The SMILES string of the molecule is Cc1ccccc1Cn1c(C(=O)N2CCN(C(=O)c3ccco3)[C@@H](C)C2)cc2ccsc21. The minimum absolute atomic E-state index is 0.0129. The number of rotatable bonds is 4. The van der Waals surface area contributed by atoms with Crippen LogP contribution >= 0.6 is 11.3 Å². The lowest BCUT2D eigenvalue weighted by molar-refractivity contribution is 0.0391. The molecule has 4 aromatic rings. The molecule has 0 bridgehead atoms. The van der Waals surface area contributed by atoms with Crippen molar-refractivity contribution < 1.29 is 14.0 Å². The van der Waals surface area contributed by atoms with Crippen LogP contribution in [-0.2, 0) is 6.54 Å². The van der Waals surface area contributed by atoms with Gasteiger partial charge in [0, 0.05) is 37.6 Å². The molecule has 4 heterocycles. The highest BCUT2D eigenvalue weighted by Crippen LogP contribution is 2.28. The molecule has 0 radical (unpaired) electrons. The van der Waals surface area contributed by atoms with Crippen molar-refractivity contribution >= 4 is 33.4 Å². The van der Waals surface area contributed by atoms with Gasteiger partial charge >= 0.3 is 0 Å². The highest BCUT2D eigenvalue weighted by molar-refractivity contribution is 7.16. The summed E-state index contributed by atoms with van der Waals surface area (Å²) in [7, 11) is 0. The second-order valence-electron chi connectivity index (χ2n) is 8.30. The number of carbonyl (C=O) groups excluding carboxylic acids is 2. The summed E-state index contributed by atoms with van der Waals surface area (Å²) in [6.45, 7) is 6.21. The van der Waals surface area contributed by atoms with E-state index in [2.05, 4.69) is 35.1 Å². The van der Waals surface area contributed by atoms with Crippen LogP contribution in [0.2, 0.25) is 0 Å². The maximum absolute atomic E-state index is 13.6. The Morgan fingerprint density at radius 2 is 1.94 bits per heavy atom. The molecule has 2 amide bonds. The van der Waals surface area contributed by atoms with Gasteiger partial charge in [0.25, 0.3) is 11.8 Å². The van der Waals surface area contributed by atoms with Gasteiger partial charge in [0.15, 0.2) is 5.76 Å². The van der Waals surface area contributed by atoms with E-state index in [4.69, 9.17) is 4.42 Å². The second-order valence-corrected chi connectivity index (χ2v) is 9.19. The summed E-state index contributed by atoms with van der Waals surface area (Å²) in [6, 6.07) is 15.6. The smallest absolute Gasteiger partial charge is 0.289 e. The summed E-state index contributed by atoms with van der Waals surface area (Å²) in [4.78, 5) is 31.1. The first-order valence-electron chi connectivity index (χ1n) is 10.8. The van der Waals surface area contributed by atoms with E-state index >= 15 is 0 Å². The summed E-state index contributed by atoms with van der Waals surface area (Å²) < 4.78 is 7.41. The summed E-state index contributed by atoms with van der Waals surface area (Å²) in [5.74, 6) is 0.223. The number of furan rings is 1. The number of fused-ring (bicyclic) bond motifs is 1. The Balaban J connectivity index is 1.39. The fourth-order valence-corrected chi connectivity index (χ4v) is 5.31. The van der Waals surface area contributed by atoms with Gasteiger partial charge in [-0.15, -0.1) is 11.3 Å². The molecule has 3 aromatic heterocycles. The first-order chi connectivity index (χ1) is 15.5. The number of piperazine rings is 1. The zero-order valence-electron chi connectivity index (χ0n) is 18.2. The number of hydrogen-bond donors (Lipinski definition) is 0. The van der Waals surface area contributed by atoms with Gasteiger partial charge in [-0.3, -0.25) is 9.59 Å². The lowest BCUT2D eigenvalue weighted by Gasteiger charge is -2.39. The average molecular weight is 448 g/mol. The van der Waals surface area contributed by atoms with Gasteiger partial charge in [0.1, 0.15) is 10.5 Å². The van der Waals surface area contributed by atoms with E-state index in [1.54, 1.807) is 28.4 Å². The third kappa shape index (κ3) is 3.62. The van der Waals surface area contributed by atoms with Crippen LogP contribution < -0.4 is 0 Å². The third-order valence-corrected chi connectivity index (χ3v) is 7.17. The number of hydrogen-bond acceptors (Lipinski definition) is 4. The van der Waals surface area contributed by atoms with E-state index in [1.807, 2.05) is 30.0 Å². The predicted molar refractivity (Wildman–Crippen MR) is 125 cm³/mol. The first kappa shape index (κ1) is 20.6. The van der Waals surface area contributed by atoms with E-state index in [1.165, 1.54) is 17.4 Å². The molecule has 1 atom stereocenters. The number of carbonyl (C=O) groups is 2. The molecule has 32 heavy (non-hydrogen) atoms. The van der Waals surface area contributed by atoms with Gasteiger partial charge in [-0.1, -0.05) is 24.3 Å². The van der Waals surface area contributed by atoms with Crippen molar-refractivity contribution in [2.24, 2.45) is 0 Å². The van der Waals surface area contributed by atoms with Gasteiger partial charge in [-0.05, 0) is 54.6 Å². The van der Waals surface area contributed by atoms with Crippen molar-refractivity contribution in [3.05, 3.63) is 82.8 Å². The first-order valence-corrected chi connectivity index (χ1v) is 11.7. The fraction of sp³-hybridized carbons (Fsp3) is 0.280. The summed E-state index contributed by atoms with van der Waals surface area (Å²) in [5.41, 5.74) is 3.12. The lowest BCUT2D eigenvalue weighted by Crippen LogP contribution is -2.55. The molecule has 164 valence electrons. The Morgan fingerprint density at radius 1 is 1.09 bits per heavy atom. The molecule has 1 aliphatic rings. The summed E-state index contributed by atoms with van der Waals surface area (Å²) in [6.07, 6.45) is 1.51. The highest BCUT2D eigenvalue weighted by atomic mass is 32.1. The minimum Gasteiger partial charge on any atom is -0.459 e. The molecule has 7 heteroatoms. The summed E-state index contributed by atoms with van der Waals surface area (Å²) >= 11 is 1.66. The largest absolute Gasteiger partial charge is 0.459 e. The Kier molecular flexibility index (Phi) is 5.35. The molecule has 1 aromatic carbocycles. The second kappa shape index (κ2) is 8.31. The van der Waals surface area contributed by atoms with Crippen LogP contribution in [0, 0.1) is 6.92 Å². The molecule has 6 nitrogen and oxygen atoms in total. The quantitative estimate of drug-likeness (QED) is 0.458. The summed E-state index contributed by atoms with van der Waals surface area (Å²) in [5, 5.41) is 3.15. The average Bonchev–Trinajstić information content (AvgIpc) is 3.53. The molecular formula is C25H25N3O3S. The van der Waals surface area contributed by atoms with E-state index < -0.39 is 0 Å². The number of aryl methyl sites for hydroxylation is 1. The third-order valence-electron chi connectivity index (χ3n) is 6.22. The van der Waals surface area contributed by atoms with Crippen molar-refractivity contribution in [1.82, 2.24) is 14.4 Å². The number of aromatic nitrogens is 1. The monoisotopic (exact) mass is 447 g/mol. The van der Waals surface area contributed by atoms with Crippen molar-refractivity contribution in [3.8, 4) is 0 Å². The van der Waals surface area contributed by atoms with Crippen LogP contribution in [0.5, 0.6) is 0 Å². The van der Waals surface area contributed by atoms with Crippen LogP contribution in [0.3, 0.4) is 0 Å². The van der Waals surface area contributed by atoms with E-state index in [0.29, 0.717) is 37.6 Å². The Labute approximate surface area is 190 Å². The molecule has 5 rings (SSSR count). The van der Waals surface area contributed by atoms with E-state index in [9.17, 15) is 9.59 Å². The molecule has 1 saturated heterocycles. The number of nitrogens with zero attached hydrogens (tertiary/aromatic N) is 3. The van der Waals surface area contributed by atoms with Crippen molar-refractivity contribution in [1.29, 1.82) is 0 Å². The predicted octanol–water partition coefficient (Wildman–Crippen LogP) is 4.64. The van der Waals surface area contributed by atoms with Gasteiger partial charge < -0.3 is 18.8 Å². The fourth-order valence-electron chi connectivity index (χ4n) is 4.41. The van der Waals surface area contributed by atoms with Crippen molar-refractivity contribution in [3.63, 3.8) is 0 Å². The van der Waals surface area contributed by atoms with Gasteiger partial charge in [-0.2, -0.15) is 0 Å². The molecule has 1 fully saturated rings. The van der Waals surface area contributed by atoms with Crippen molar-refractivity contribution in [2.45, 2.75) is 26.4 Å². The molecule has 0 saturated carbocycles. The molecule has 0 aliphatic carbocycles. The van der Waals surface area contributed by atoms with Crippen molar-refractivity contribution in [2.75, 3.05) is 19.6 Å². The Morgan fingerprint density at radius 3 is 2.69 bits per heavy atom. The normalized spacial score (nSPS) is 16.6. The molecule has 0 unspecified atom stereocenters.